The van der Waals surface area contributed by atoms with E-state index in [-0.39, 0.29) is 24.8 Å². The molecule has 0 saturated carbocycles. The largest absolute Gasteiger partial charge is 1.00 e. The van der Waals surface area contributed by atoms with Gasteiger partial charge in [0.05, 0.1) is 0 Å². The first-order valence-electron chi connectivity index (χ1n) is 12.3. The molecule has 4 aromatic carbocycles. The van der Waals surface area contributed by atoms with Crippen molar-refractivity contribution in [3.05, 3.63) is 120 Å². The van der Waals surface area contributed by atoms with Gasteiger partial charge in [0.25, 0.3) is 0 Å². The van der Waals surface area contributed by atoms with Crippen molar-refractivity contribution in [2.75, 3.05) is 0 Å². The molecule has 5 heteroatoms. The Morgan fingerprint density at radius 3 is 1.35 bits per heavy atom. The van der Waals surface area contributed by atoms with E-state index >= 15 is 0 Å². The number of para-hydroxylation sites is 2. The van der Waals surface area contributed by atoms with Crippen LogP contribution in [-0.4, -0.2) is 9.13 Å². The standard InChI is InChI=1S/2C16H12N.2ClH.Ti/c2*1-17-14-9-5-4-8-13(14)16-12-7-3-2-6-11(12)10-15(16)17;;;/h2*2-10H,1H3;2*1H;/q;;;;+2/p-2. The van der Waals surface area contributed by atoms with Crippen LogP contribution in [0, 0.1) is 0 Å². The van der Waals surface area contributed by atoms with Crippen LogP contribution in [0.2, 0.25) is 0 Å². The van der Waals surface area contributed by atoms with Crippen molar-refractivity contribution in [3.63, 3.8) is 0 Å². The van der Waals surface area contributed by atoms with E-state index in [0.717, 1.165) is 0 Å². The molecule has 37 heavy (non-hydrogen) atoms. The summed E-state index contributed by atoms with van der Waals surface area (Å²) in [4.78, 5) is 0. The van der Waals surface area contributed by atoms with Gasteiger partial charge in [-0.2, -0.15) is 0 Å². The molecule has 0 saturated heterocycles. The molecule has 0 bridgehead atoms. The van der Waals surface area contributed by atoms with Crippen molar-refractivity contribution >= 4 is 21.8 Å². The topological polar surface area (TPSA) is 9.86 Å². The maximum absolute atomic E-state index is 2.49. The van der Waals surface area contributed by atoms with Gasteiger partial charge in [-0.15, -0.1) is 0 Å². The van der Waals surface area contributed by atoms with Crippen LogP contribution >= 0.6 is 0 Å². The predicted molar refractivity (Wildman–Crippen MR) is 140 cm³/mol. The number of hydrogen-bond donors (Lipinski definition) is 0. The quantitative estimate of drug-likeness (QED) is 0.288. The van der Waals surface area contributed by atoms with E-state index in [1.165, 1.54) is 66.6 Å². The maximum atomic E-state index is 2.49. The minimum atomic E-state index is -0.475. The molecule has 6 aromatic rings. The summed E-state index contributed by atoms with van der Waals surface area (Å²) in [6.07, 6.45) is 0. The molecular weight excluding hydrogens is 531 g/mol. The van der Waals surface area contributed by atoms with Crippen LogP contribution < -0.4 is 24.8 Å². The Hall–Kier alpha value is -2.75. The monoisotopic (exact) mass is 554 g/mol. The average molecular weight is 555 g/mol. The minimum absolute atomic E-state index is 0. The molecule has 0 radical (unpaired) electrons. The van der Waals surface area contributed by atoms with Gasteiger partial charge in [0, 0.05) is 0 Å². The molecule has 8 rings (SSSR count). The fraction of sp³-hybridized carbons (Fsp3) is 0.125. The Morgan fingerprint density at radius 1 is 0.514 bits per heavy atom. The Kier molecular flexibility index (Phi) is 5.93. The maximum Gasteiger partial charge on any atom is -1.00 e. The van der Waals surface area contributed by atoms with Crippen molar-refractivity contribution in [2.45, 2.75) is 8.45 Å². The van der Waals surface area contributed by atoms with Gasteiger partial charge in [-0.1, -0.05) is 0 Å². The van der Waals surface area contributed by atoms with E-state index in [0.29, 0.717) is 8.45 Å². The first-order chi connectivity index (χ1) is 17.2. The summed E-state index contributed by atoms with van der Waals surface area (Å²) >= 11 is -0.475. The zero-order valence-electron chi connectivity index (χ0n) is 20.5. The molecule has 180 valence electrons. The summed E-state index contributed by atoms with van der Waals surface area (Å²) in [5, 5.41) is 2.78. The van der Waals surface area contributed by atoms with Crippen LogP contribution in [0.1, 0.15) is 31.0 Å². The summed E-state index contributed by atoms with van der Waals surface area (Å²) in [5.74, 6) is 0. The Balaban J connectivity index is 0.00000126. The normalized spacial score (nSPS) is 16.4. The number of aromatic nitrogens is 2. The van der Waals surface area contributed by atoms with Crippen molar-refractivity contribution in [1.82, 2.24) is 9.13 Å². The second kappa shape index (κ2) is 8.93. The van der Waals surface area contributed by atoms with Crippen molar-refractivity contribution < 1.29 is 44.0 Å². The molecule has 0 aliphatic heterocycles. The van der Waals surface area contributed by atoms with Crippen LogP contribution in [0.15, 0.2) is 97.1 Å². The molecule has 0 fully saturated rings. The third-order valence-electron chi connectivity index (χ3n) is 8.27. The molecule has 2 unspecified atom stereocenters. The number of nitrogens with zero attached hydrogens (tertiary/aromatic N) is 2. The van der Waals surface area contributed by atoms with E-state index in [1.807, 2.05) is 0 Å². The fourth-order valence-corrected chi connectivity index (χ4v) is 10.2. The number of hydrogen-bond acceptors (Lipinski definition) is 0. The van der Waals surface area contributed by atoms with Gasteiger partial charge in [-0.3, -0.25) is 0 Å². The molecular formula is C32H24Cl2N2Ti. The van der Waals surface area contributed by atoms with Gasteiger partial charge in [0.1, 0.15) is 0 Å². The van der Waals surface area contributed by atoms with Crippen molar-refractivity contribution in [3.8, 4) is 22.3 Å². The van der Waals surface area contributed by atoms with Crippen molar-refractivity contribution in [2.24, 2.45) is 14.1 Å². The van der Waals surface area contributed by atoms with Gasteiger partial charge in [0.15, 0.2) is 0 Å². The molecule has 2 atom stereocenters. The SMILES string of the molecule is Cn1c2c(c3ccccc31)-c1ccccc1[CH]2[Ti+2][CH]1c2ccccc2-c2c1n(C)c1ccccc21.[Cl-].[Cl-]. The summed E-state index contributed by atoms with van der Waals surface area (Å²) < 4.78 is 5.95. The van der Waals surface area contributed by atoms with Crippen LogP contribution in [0.3, 0.4) is 0 Å². The van der Waals surface area contributed by atoms with Crippen LogP contribution in [0.25, 0.3) is 44.1 Å². The average Bonchev–Trinajstić information content (AvgIpc) is 3.59. The van der Waals surface area contributed by atoms with Gasteiger partial charge >= 0.3 is 214 Å². The molecule has 2 aromatic heterocycles. The number of fused-ring (bicyclic) bond motifs is 10. The molecule has 0 N–H and O–H groups in total. The Morgan fingerprint density at radius 2 is 0.892 bits per heavy atom. The van der Waals surface area contributed by atoms with E-state index < -0.39 is 19.2 Å². The predicted octanol–water partition coefficient (Wildman–Crippen LogP) is 1.60. The number of rotatable bonds is 2. The fourth-order valence-electron chi connectivity index (χ4n) is 6.82. The molecule has 0 spiro atoms. The second-order valence-corrected chi connectivity index (χ2v) is 12.2. The van der Waals surface area contributed by atoms with Gasteiger partial charge in [-0.05, 0) is 0 Å². The number of aryl methyl sites for hydroxylation is 2. The third-order valence-corrected chi connectivity index (χ3v) is 11.1. The van der Waals surface area contributed by atoms with Crippen LogP contribution in [-0.2, 0) is 33.2 Å². The second-order valence-electron chi connectivity index (χ2n) is 9.88. The number of halogens is 2. The molecule has 2 aliphatic carbocycles. The smallest absolute Gasteiger partial charge is 1.00 e. The Labute approximate surface area is 238 Å². The molecule has 0 amide bonds. The minimum Gasteiger partial charge on any atom is -1.00 e. The zero-order chi connectivity index (χ0) is 23.3. The van der Waals surface area contributed by atoms with Gasteiger partial charge < -0.3 is 24.8 Å². The van der Waals surface area contributed by atoms with Crippen molar-refractivity contribution in [1.29, 1.82) is 0 Å². The summed E-state index contributed by atoms with van der Waals surface area (Å²) in [6.45, 7) is 0. The molecule has 2 heterocycles. The van der Waals surface area contributed by atoms with Gasteiger partial charge in [-0.25, -0.2) is 0 Å². The van der Waals surface area contributed by atoms with Gasteiger partial charge in [0.2, 0.25) is 0 Å². The summed E-state index contributed by atoms with van der Waals surface area (Å²) in [6, 6.07) is 36.2. The zero-order valence-corrected chi connectivity index (χ0v) is 23.6. The van der Waals surface area contributed by atoms with Crippen LogP contribution in [0.5, 0.6) is 0 Å². The summed E-state index contributed by atoms with van der Waals surface area (Å²) in [5.41, 5.74) is 14.6. The van der Waals surface area contributed by atoms with E-state index in [2.05, 4.69) is 120 Å². The summed E-state index contributed by atoms with van der Waals surface area (Å²) in [7, 11) is 4.55. The van der Waals surface area contributed by atoms with E-state index in [1.54, 1.807) is 0 Å². The third kappa shape index (κ3) is 3.17. The molecule has 2 aliphatic rings. The number of benzene rings is 4. The molecule has 2 nitrogen and oxygen atoms in total. The van der Waals surface area contributed by atoms with E-state index in [9.17, 15) is 0 Å². The Bertz CT molecular complexity index is 1700. The first kappa shape index (κ1) is 24.6. The first-order valence-corrected chi connectivity index (χ1v) is 14.1. The van der Waals surface area contributed by atoms with Crippen LogP contribution in [0.4, 0.5) is 0 Å². The van der Waals surface area contributed by atoms with E-state index in [4.69, 9.17) is 0 Å².